The van der Waals surface area contributed by atoms with Crippen LogP contribution in [0.15, 0.2) is 48.5 Å². The Labute approximate surface area is 170 Å². The van der Waals surface area contributed by atoms with E-state index in [-0.39, 0.29) is 29.9 Å². The number of rotatable bonds is 6. The van der Waals surface area contributed by atoms with Crippen LogP contribution in [0.2, 0.25) is 0 Å². The van der Waals surface area contributed by atoms with Crippen molar-refractivity contribution in [2.45, 2.75) is 39.9 Å². The highest BCUT2D eigenvalue weighted by atomic mass is 16.5. The van der Waals surface area contributed by atoms with Crippen molar-refractivity contribution < 1.29 is 23.9 Å². The summed E-state index contributed by atoms with van der Waals surface area (Å²) in [5.74, 6) is -0.511. The quantitative estimate of drug-likeness (QED) is 0.550. The fraction of sp³-hybridized carbons (Fsp3) is 0.348. The monoisotopic (exact) mass is 395 g/mol. The number of benzene rings is 2. The maximum atomic E-state index is 13.0. The number of fused-ring (bicyclic) bond motifs is 1. The summed E-state index contributed by atoms with van der Waals surface area (Å²) in [5, 5.41) is 0. The van der Waals surface area contributed by atoms with Gasteiger partial charge in [0, 0.05) is 5.56 Å². The lowest BCUT2D eigenvalue weighted by Gasteiger charge is -2.24. The molecule has 29 heavy (non-hydrogen) atoms. The molecule has 2 aromatic rings. The van der Waals surface area contributed by atoms with Gasteiger partial charge >= 0.3 is 0 Å². The zero-order chi connectivity index (χ0) is 21.1. The number of ketones is 1. The Morgan fingerprint density at radius 1 is 1.03 bits per heavy atom. The Morgan fingerprint density at radius 3 is 2.31 bits per heavy atom. The molecule has 2 amide bonds. The van der Waals surface area contributed by atoms with Gasteiger partial charge in [-0.15, -0.1) is 0 Å². The molecule has 6 heteroatoms. The molecular formula is C23H25NO5. The largest absolute Gasteiger partial charge is 0.491 e. The van der Waals surface area contributed by atoms with Gasteiger partial charge in [0.15, 0.2) is 11.9 Å². The van der Waals surface area contributed by atoms with Crippen molar-refractivity contribution in [3.05, 3.63) is 59.7 Å². The molecule has 1 atom stereocenters. The molecule has 152 valence electrons. The summed E-state index contributed by atoms with van der Waals surface area (Å²) in [6.07, 6.45) is -0.811. The van der Waals surface area contributed by atoms with Crippen LogP contribution in [-0.4, -0.2) is 41.3 Å². The molecule has 3 rings (SSSR count). The molecule has 6 nitrogen and oxygen atoms in total. The SMILES string of the molecule is CC(C)Oc1ccc(C(=O)CN2C(=O)c3ccccc3OC(C(C)C)C2=O)cc1. The third kappa shape index (κ3) is 4.47. The summed E-state index contributed by atoms with van der Waals surface area (Å²) in [7, 11) is 0. The van der Waals surface area contributed by atoms with Crippen LogP contribution in [0.4, 0.5) is 0 Å². The maximum absolute atomic E-state index is 13.0. The van der Waals surface area contributed by atoms with E-state index in [1.807, 2.05) is 27.7 Å². The van der Waals surface area contributed by atoms with Crippen molar-refractivity contribution in [3.8, 4) is 11.5 Å². The summed E-state index contributed by atoms with van der Waals surface area (Å²) in [6, 6.07) is 13.4. The van der Waals surface area contributed by atoms with Crippen LogP contribution in [0.5, 0.6) is 11.5 Å². The standard InChI is InChI=1S/C23H25NO5/c1-14(2)21-23(27)24(22(26)18-7-5-6-8-20(18)29-21)13-19(25)16-9-11-17(12-10-16)28-15(3)4/h5-12,14-15,21H,13H2,1-4H3. The van der Waals surface area contributed by atoms with E-state index in [0.717, 1.165) is 4.90 Å². The number of nitrogens with zero attached hydrogens (tertiary/aromatic N) is 1. The molecule has 1 heterocycles. The molecule has 0 bridgehead atoms. The first-order valence-corrected chi connectivity index (χ1v) is 9.69. The third-order valence-corrected chi connectivity index (χ3v) is 4.58. The van der Waals surface area contributed by atoms with E-state index in [9.17, 15) is 14.4 Å². The minimum absolute atomic E-state index is 0.0249. The second kappa shape index (κ2) is 8.47. The molecule has 0 saturated heterocycles. The van der Waals surface area contributed by atoms with Crippen LogP contribution in [0, 0.1) is 5.92 Å². The van der Waals surface area contributed by atoms with Gasteiger partial charge in [-0.25, -0.2) is 0 Å². The number of amides is 2. The first-order chi connectivity index (χ1) is 13.8. The third-order valence-electron chi connectivity index (χ3n) is 4.58. The van der Waals surface area contributed by atoms with Crippen LogP contribution in [0.1, 0.15) is 48.4 Å². The van der Waals surface area contributed by atoms with Gasteiger partial charge < -0.3 is 9.47 Å². The van der Waals surface area contributed by atoms with Gasteiger partial charge in [-0.1, -0.05) is 26.0 Å². The predicted octanol–water partition coefficient (Wildman–Crippen LogP) is 3.74. The van der Waals surface area contributed by atoms with Crippen LogP contribution in [0.25, 0.3) is 0 Å². The number of imide groups is 1. The molecule has 0 radical (unpaired) electrons. The minimum Gasteiger partial charge on any atom is -0.491 e. The number of ether oxygens (including phenoxy) is 2. The average molecular weight is 395 g/mol. The van der Waals surface area contributed by atoms with Crippen molar-refractivity contribution in [2.75, 3.05) is 6.54 Å². The molecule has 1 aliphatic heterocycles. The summed E-state index contributed by atoms with van der Waals surface area (Å²) in [6.45, 7) is 7.17. The van der Waals surface area contributed by atoms with Crippen molar-refractivity contribution in [3.63, 3.8) is 0 Å². The topological polar surface area (TPSA) is 72.9 Å². The summed E-state index contributed by atoms with van der Waals surface area (Å²) in [4.78, 5) is 39.8. The smallest absolute Gasteiger partial charge is 0.271 e. The fourth-order valence-electron chi connectivity index (χ4n) is 3.13. The molecule has 0 fully saturated rings. The lowest BCUT2D eigenvalue weighted by atomic mass is 10.1. The van der Waals surface area contributed by atoms with E-state index >= 15 is 0 Å². The van der Waals surface area contributed by atoms with Gasteiger partial charge in [0.25, 0.3) is 11.8 Å². The molecule has 2 aromatic carbocycles. The Balaban J connectivity index is 1.86. The number of para-hydroxylation sites is 1. The zero-order valence-electron chi connectivity index (χ0n) is 17.0. The fourth-order valence-corrected chi connectivity index (χ4v) is 3.13. The Bertz CT molecular complexity index is 917. The summed E-state index contributed by atoms with van der Waals surface area (Å²) < 4.78 is 11.4. The minimum atomic E-state index is -0.836. The van der Waals surface area contributed by atoms with E-state index in [2.05, 4.69) is 0 Å². The molecule has 1 unspecified atom stereocenters. The maximum Gasteiger partial charge on any atom is 0.271 e. The lowest BCUT2D eigenvalue weighted by Crippen LogP contribution is -2.47. The van der Waals surface area contributed by atoms with E-state index in [0.29, 0.717) is 17.1 Å². The van der Waals surface area contributed by atoms with Crippen molar-refractivity contribution in [2.24, 2.45) is 5.92 Å². The van der Waals surface area contributed by atoms with E-state index in [4.69, 9.17) is 9.47 Å². The van der Waals surface area contributed by atoms with Gasteiger partial charge in [0.2, 0.25) is 0 Å². The van der Waals surface area contributed by atoms with E-state index in [1.165, 1.54) is 0 Å². The van der Waals surface area contributed by atoms with Crippen molar-refractivity contribution in [1.82, 2.24) is 4.90 Å². The van der Waals surface area contributed by atoms with E-state index < -0.39 is 17.9 Å². The molecule has 0 aliphatic carbocycles. The second-order valence-electron chi connectivity index (χ2n) is 7.62. The Hall–Kier alpha value is -3.15. The number of hydrogen-bond acceptors (Lipinski definition) is 5. The predicted molar refractivity (Wildman–Crippen MR) is 108 cm³/mol. The Morgan fingerprint density at radius 2 is 1.69 bits per heavy atom. The highest BCUT2D eigenvalue weighted by Crippen LogP contribution is 2.28. The first-order valence-electron chi connectivity index (χ1n) is 9.69. The first kappa shape index (κ1) is 20.6. The van der Waals surface area contributed by atoms with Crippen molar-refractivity contribution in [1.29, 1.82) is 0 Å². The van der Waals surface area contributed by atoms with Gasteiger partial charge in [-0.2, -0.15) is 0 Å². The number of Topliss-reactive ketones (excluding diaryl/α,β-unsaturated/α-hetero) is 1. The molecule has 1 aliphatic rings. The van der Waals surface area contributed by atoms with Crippen molar-refractivity contribution >= 4 is 17.6 Å². The number of carbonyl (C=O) groups is 3. The second-order valence-corrected chi connectivity index (χ2v) is 7.62. The van der Waals surface area contributed by atoms with Gasteiger partial charge in [-0.3, -0.25) is 19.3 Å². The lowest BCUT2D eigenvalue weighted by molar-refractivity contribution is -0.136. The molecule has 0 spiro atoms. The van der Waals surface area contributed by atoms with Crippen LogP contribution >= 0.6 is 0 Å². The normalized spacial score (nSPS) is 16.5. The Kier molecular flexibility index (Phi) is 6.01. The molecule has 0 N–H and O–H groups in total. The summed E-state index contributed by atoms with van der Waals surface area (Å²) in [5.41, 5.74) is 0.679. The van der Waals surface area contributed by atoms with Gasteiger partial charge in [0.1, 0.15) is 11.5 Å². The molecular weight excluding hydrogens is 370 g/mol. The van der Waals surface area contributed by atoms with E-state index in [1.54, 1.807) is 48.5 Å². The molecule has 0 aromatic heterocycles. The number of carbonyl (C=O) groups excluding carboxylic acids is 3. The molecule has 0 saturated carbocycles. The highest BCUT2D eigenvalue weighted by molar-refractivity contribution is 6.12. The highest BCUT2D eigenvalue weighted by Gasteiger charge is 2.38. The summed E-state index contributed by atoms with van der Waals surface area (Å²) >= 11 is 0. The van der Waals surface area contributed by atoms with Gasteiger partial charge in [-0.05, 0) is 56.2 Å². The van der Waals surface area contributed by atoms with Gasteiger partial charge in [0.05, 0.1) is 18.2 Å². The van der Waals surface area contributed by atoms with Crippen LogP contribution < -0.4 is 9.47 Å². The van der Waals surface area contributed by atoms with Crippen LogP contribution in [-0.2, 0) is 4.79 Å². The number of hydrogen-bond donors (Lipinski definition) is 0. The van der Waals surface area contributed by atoms with Crippen LogP contribution in [0.3, 0.4) is 0 Å². The average Bonchev–Trinajstić information content (AvgIpc) is 2.78. The zero-order valence-corrected chi connectivity index (χ0v) is 17.0.